The van der Waals surface area contributed by atoms with Gasteiger partial charge in [0.05, 0.1) is 11.5 Å². The van der Waals surface area contributed by atoms with E-state index in [-0.39, 0.29) is 11.5 Å². The summed E-state index contributed by atoms with van der Waals surface area (Å²) in [6.45, 7) is 4.98. The first-order valence-corrected chi connectivity index (χ1v) is 6.55. The highest BCUT2D eigenvalue weighted by Gasteiger charge is 2.18. The quantitative estimate of drug-likeness (QED) is 0.828. The Labute approximate surface area is 96.4 Å². The molecular formula is C11H17NO3S. The highest BCUT2D eigenvalue weighted by molar-refractivity contribution is 7.89. The molecule has 0 spiro atoms. The maximum absolute atomic E-state index is 12.0. The van der Waals surface area contributed by atoms with Gasteiger partial charge in [0, 0.05) is 6.04 Å². The minimum absolute atomic E-state index is 0.218. The maximum Gasteiger partial charge on any atom is 0.241 e. The molecular weight excluding hydrogens is 226 g/mol. The van der Waals surface area contributed by atoms with E-state index < -0.39 is 16.1 Å². The van der Waals surface area contributed by atoms with Crippen molar-refractivity contribution in [2.24, 2.45) is 0 Å². The van der Waals surface area contributed by atoms with E-state index in [0.29, 0.717) is 5.56 Å². The largest absolute Gasteiger partial charge is 0.395 e. The molecule has 0 aliphatic carbocycles. The monoisotopic (exact) mass is 243 g/mol. The molecule has 0 radical (unpaired) electrons. The Morgan fingerprint density at radius 2 is 2.00 bits per heavy atom. The molecule has 0 saturated heterocycles. The smallest absolute Gasteiger partial charge is 0.241 e. The van der Waals surface area contributed by atoms with Gasteiger partial charge >= 0.3 is 0 Å². The van der Waals surface area contributed by atoms with Crippen LogP contribution in [-0.2, 0) is 10.0 Å². The minimum atomic E-state index is -3.53. The molecule has 4 nitrogen and oxygen atoms in total. The molecule has 1 rings (SSSR count). The van der Waals surface area contributed by atoms with Crippen molar-refractivity contribution in [2.75, 3.05) is 6.61 Å². The van der Waals surface area contributed by atoms with E-state index in [4.69, 9.17) is 5.11 Å². The van der Waals surface area contributed by atoms with E-state index in [0.717, 1.165) is 5.56 Å². The van der Waals surface area contributed by atoms with Crippen LogP contribution in [0, 0.1) is 13.8 Å². The number of rotatable bonds is 4. The number of aliphatic hydroxyl groups excluding tert-OH is 1. The van der Waals surface area contributed by atoms with Crippen LogP contribution >= 0.6 is 0 Å². The third kappa shape index (κ3) is 3.04. The summed E-state index contributed by atoms with van der Waals surface area (Å²) < 4.78 is 26.3. The average Bonchev–Trinajstić information content (AvgIpc) is 2.20. The minimum Gasteiger partial charge on any atom is -0.395 e. The van der Waals surface area contributed by atoms with Crippen LogP contribution < -0.4 is 4.72 Å². The highest BCUT2D eigenvalue weighted by Crippen LogP contribution is 2.16. The van der Waals surface area contributed by atoms with Gasteiger partial charge in [-0.3, -0.25) is 0 Å². The topological polar surface area (TPSA) is 66.4 Å². The molecule has 0 aliphatic rings. The molecule has 0 unspecified atom stereocenters. The fourth-order valence-electron chi connectivity index (χ4n) is 1.36. The molecule has 1 aromatic rings. The molecule has 1 atom stereocenters. The summed E-state index contributed by atoms with van der Waals surface area (Å²) in [5.41, 5.74) is 1.59. The standard InChI is InChI=1S/C11H17NO3S/c1-8-4-5-9(2)11(6-8)16(14,15)12-10(3)7-13/h4-6,10,12-13H,7H2,1-3H3/t10-/m0/s1. The molecule has 0 fully saturated rings. The highest BCUT2D eigenvalue weighted by atomic mass is 32.2. The van der Waals surface area contributed by atoms with Crippen LogP contribution in [0.4, 0.5) is 0 Å². The van der Waals surface area contributed by atoms with Crippen molar-refractivity contribution in [3.8, 4) is 0 Å². The summed E-state index contributed by atoms with van der Waals surface area (Å²) in [6, 6.07) is 4.78. The number of nitrogens with one attached hydrogen (secondary N) is 1. The second kappa shape index (κ2) is 4.95. The summed E-state index contributed by atoms with van der Waals surface area (Å²) in [4.78, 5) is 0.271. The number of benzene rings is 1. The van der Waals surface area contributed by atoms with Crippen LogP contribution in [0.25, 0.3) is 0 Å². The molecule has 90 valence electrons. The number of aliphatic hydroxyl groups is 1. The lowest BCUT2D eigenvalue weighted by atomic mass is 10.2. The third-order valence-corrected chi connectivity index (χ3v) is 3.99. The Kier molecular flexibility index (Phi) is 4.07. The van der Waals surface area contributed by atoms with Gasteiger partial charge in [-0.05, 0) is 38.0 Å². The van der Waals surface area contributed by atoms with E-state index in [2.05, 4.69) is 4.72 Å². The fraction of sp³-hybridized carbons (Fsp3) is 0.455. The van der Waals surface area contributed by atoms with Crippen LogP contribution in [0.2, 0.25) is 0 Å². The molecule has 0 heterocycles. The van der Waals surface area contributed by atoms with Gasteiger partial charge in [-0.15, -0.1) is 0 Å². The zero-order valence-electron chi connectivity index (χ0n) is 9.69. The Morgan fingerprint density at radius 3 is 2.56 bits per heavy atom. The summed E-state index contributed by atoms with van der Waals surface area (Å²) in [6.07, 6.45) is 0. The molecule has 16 heavy (non-hydrogen) atoms. The van der Waals surface area contributed by atoms with Gasteiger partial charge in [-0.2, -0.15) is 0 Å². The van der Waals surface area contributed by atoms with Crippen LogP contribution in [-0.4, -0.2) is 26.2 Å². The molecule has 0 amide bonds. The lowest BCUT2D eigenvalue weighted by Gasteiger charge is -2.13. The zero-order valence-corrected chi connectivity index (χ0v) is 10.5. The van der Waals surface area contributed by atoms with Crippen molar-refractivity contribution in [3.63, 3.8) is 0 Å². The maximum atomic E-state index is 12.0. The summed E-state index contributed by atoms with van der Waals surface area (Å²) in [5, 5.41) is 8.84. The Morgan fingerprint density at radius 1 is 1.38 bits per heavy atom. The predicted molar refractivity (Wildman–Crippen MR) is 62.8 cm³/mol. The van der Waals surface area contributed by atoms with Gasteiger partial charge in [-0.25, -0.2) is 13.1 Å². The molecule has 0 aliphatic heterocycles. The predicted octanol–water partition coefficient (Wildman–Crippen LogP) is 0.963. The third-order valence-electron chi connectivity index (χ3n) is 2.26. The van der Waals surface area contributed by atoms with Crippen molar-refractivity contribution >= 4 is 10.0 Å². The lowest BCUT2D eigenvalue weighted by molar-refractivity contribution is 0.265. The second-order valence-corrected chi connectivity index (χ2v) is 5.66. The van der Waals surface area contributed by atoms with Gasteiger partial charge in [-0.1, -0.05) is 12.1 Å². The second-order valence-electron chi connectivity index (χ2n) is 3.97. The van der Waals surface area contributed by atoms with E-state index >= 15 is 0 Å². The van der Waals surface area contributed by atoms with E-state index in [1.807, 2.05) is 13.0 Å². The van der Waals surface area contributed by atoms with E-state index in [1.54, 1.807) is 26.0 Å². The Balaban J connectivity index is 3.12. The Bertz CT molecular complexity index is 468. The fourth-order valence-corrected chi connectivity index (χ4v) is 2.93. The molecule has 0 saturated carbocycles. The molecule has 1 aromatic carbocycles. The van der Waals surface area contributed by atoms with Gasteiger partial charge in [0.2, 0.25) is 10.0 Å². The van der Waals surface area contributed by atoms with Crippen LogP contribution in [0.3, 0.4) is 0 Å². The first-order valence-electron chi connectivity index (χ1n) is 5.07. The first-order chi connectivity index (χ1) is 7.36. The zero-order chi connectivity index (χ0) is 12.3. The lowest BCUT2D eigenvalue weighted by Crippen LogP contribution is -2.35. The normalized spacial score (nSPS) is 13.8. The number of hydrogen-bond acceptors (Lipinski definition) is 3. The van der Waals surface area contributed by atoms with Crippen LogP contribution in [0.5, 0.6) is 0 Å². The van der Waals surface area contributed by atoms with Gasteiger partial charge in [0.25, 0.3) is 0 Å². The van der Waals surface area contributed by atoms with Crippen LogP contribution in [0.1, 0.15) is 18.1 Å². The first kappa shape index (κ1) is 13.2. The van der Waals surface area contributed by atoms with Crippen LogP contribution in [0.15, 0.2) is 23.1 Å². The van der Waals surface area contributed by atoms with Crippen molar-refractivity contribution < 1.29 is 13.5 Å². The number of aryl methyl sites for hydroxylation is 2. The molecule has 2 N–H and O–H groups in total. The van der Waals surface area contributed by atoms with Crippen molar-refractivity contribution in [1.82, 2.24) is 4.72 Å². The summed E-state index contributed by atoms with van der Waals surface area (Å²) in [5.74, 6) is 0. The SMILES string of the molecule is Cc1ccc(C)c(S(=O)(=O)N[C@@H](C)CO)c1. The van der Waals surface area contributed by atoms with Crippen molar-refractivity contribution in [1.29, 1.82) is 0 Å². The van der Waals surface area contributed by atoms with Crippen molar-refractivity contribution in [2.45, 2.75) is 31.7 Å². The van der Waals surface area contributed by atoms with E-state index in [9.17, 15) is 8.42 Å². The molecule has 0 bridgehead atoms. The molecule has 0 aromatic heterocycles. The Hall–Kier alpha value is -0.910. The number of sulfonamides is 1. The van der Waals surface area contributed by atoms with Gasteiger partial charge in [0.15, 0.2) is 0 Å². The number of hydrogen-bond donors (Lipinski definition) is 2. The molecule has 5 heteroatoms. The van der Waals surface area contributed by atoms with Gasteiger partial charge in [0.1, 0.15) is 0 Å². The van der Waals surface area contributed by atoms with E-state index in [1.165, 1.54) is 0 Å². The van der Waals surface area contributed by atoms with Gasteiger partial charge < -0.3 is 5.11 Å². The average molecular weight is 243 g/mol. The summed E-state index contributed by atoms with van der Waals surface area (Å²) in [7, 11) is -3.53. The van der Waals surface area contributed by atoms with Crippen molar-refractivity contribution in [3.05, 3.63) is 29.3 Å². The summed E-state index contributed by atoms with van der Waals surface area (Å²) >= 11 is 0.